The number of aromatic hydroxyl groups is 1. The van der Waals surface area contributed by atoms with Gasteiger partial charge in [0.2, 0.25) is 5.88 Å². The molecule has 1 aromatic heterocycles. The van der Waals surface area contributed by atoms with Crippen LogP contribution in [0.25, 0.3) is 5.69 Å². The van der Waals surface area contributed by atoms with Crippen molar-refractivity contribution in [3.05, 3.63) is 110 Å². The molecule has 0 bridgehead atoms. The molecular weight excluding hydrogens is 418 g/mol. The molecule has 0 atom stereocenters. The van der Waals surface area contributed by atoms with Gasteiger partial charge in [-0.15, -0.1) is 0 Å². The number of nitrogens with zero attached hydrogens (tertiary/aromatic N) is 4. The van der Waals surface area contributed by atoms with E-state index in [9.17, 15) is 14.7 Å². The molecule has 0 aliphatic heterocycles. The number of nitrogens with one attached hydrogen (secondary N) is 1. The third-order valence-corrected chi connectivity index (χ3v) is 5.10. The quantitative estimate of drug-likeness (QED) is 0.336. The Balaban J connectivity index is 1.62. The van der Waals surface area contributed by atoms with Crippen molar-refractivity contribution >= 4 is 23.3 Å². The molecule has 0 spiro atoms. The maximum absolute atomic E-state index is 12.4. The molecule has 3 aromatic carbocycles. The van der Waals surface area contributed by atoms with Crippen LogP contribution in [0.15, 0.2) is 97.6 Å². The van der Waals surface area contributed by atoms with Gasteiger partial charge >= 0.3 is 5.69 Å². The smallest absolute Gasteiger partial charge is 0.335 e. The Bertz CT molecular complexity index is 1470. The minimum Gasteiger partial charge on any atom is -0.493 e. The minimum atomic E-state index is -0.731. The predicted molar refractivity (Wildman–Crippen MR) is 128 cm³/mol. The molecule has 0 saturated heterocycles. The topological polar surface area (TPSA) is 112 Å². The lowest BCUT2D eigenvalue weighted by molar-refractivity contribution is 0.430. The second-order valence-corrected chi connectivity index (χ2v) is 7.41. The fraction of sp³-hybridized carbons (Fsp3) is 0.0800. The van der Waals surface area contributed by atoms with Crippen molar-refractivity contribution in [2.45, 2.75) is 13.8 Å². The van der Waals surface area contributed by atoms with Crippen LogP contribution in [-0.2, 0) is 0 Å². The van der Waals surface area contributed by atoms with E-state index in [1.165, 1.54) is 6.21 Å². The normalized spacial score (nSPS) is 11.5. The minimum absolute atomic E-state index is 0.124. The SMILES string of the molecule is Cc1ccc(-n2c(O)c(C=Nc3ccc(N=Nc4ccccc4)cc3)c(=O)[nH]c2=O)cc1C. The van der Waals surface area contributed by atoms with Gasteiger partial charge in [-0.25, -0.2) is 9.36 Å². The van der Waals surface area contributed by atoms with Crippen LogP contribution in [0, 0.1) is 13.8 Å². The summed E-state index contributed by atoms with van der Waals surface area (Å²) in [6, 6.07) is 21.6. The van der Waals surface area contributed by atoms with Crippen LogP contribution >= 0.6 is 0 Å². The highest BCUT2D eigenvalue weighted by Crippen LogP contribution is 2.22. The molecule has 4 aromatic rings. The summed E-state index contributed by atoms with van der Waals surface area (Å²) in [4.78, 5) is 31.2. The van der Waals surface area contributed by atoms with Crippen molar-refractivity contribution in [2.24, 2.45) is 15.2 Å². The lowest BCUT2D eigenvalue weighted by atomic mass is 10.1. The standard InChI is InChI=1S/C25H21N5O3/c1-16-8-13-21(14-17(16)2)30-24(32)22(23(31)27-25(30)33)15-26-18-9-11-20(12-10-18)29-28-19-6-4-3-5-7-19/h3-15,32H,1-2H3,(H,27,31,33). The van der Waals surface area contributed by atoms with Crippen LogP contribution < -0.4 is 11.2 Å². The first-order valence-electron chi connectivity index (χ1n) is 10.2. The number of H-pyrrole nitrogens is 1. The number of azo groups is 1. The van der Waals surface area contributed by atoms with Crippen LogP contribution in [0.1, 0.15) is 16.7 Å². The van der Waals surface area contributed by atoms with E-state index < -0.39 is 17.1 Å². The van der Waals surface area contributed by atoms with Gasteiger partial charge in [0, 0.05) is 6.21 Å². The molecule has 0 unspecified atom stereocenters. The summed E-state index contributed by atoms with van der Waals surface area (Å²) in [5, 5.41) is 19.0. The number of hydrogen-bond donors (Lipinski definition) is 2. The largest absolute Gasteiger partial charge is 0.493 e. The third-order valence-electron chi connectivity index (χ3n) is 5.10. The van der Waals surface area contributed by atoms with E-state index in [1.54, 1.807) is 36.4 Å². The maximum atomic E-state index is 12.4. The summed E-state index contributed by atoms with van der Waals surface area (Å²) in [5.41, 5.74) is 2.78. The highest BCUT2D eigenvalue weighted by molar-refractivity contribution is 5.84. The molecule has 8 nitrogen and oxygen atoms in total. The van der Waals surface area contributed by atoms with Gasteiger partial charge in [0.1, 0.15) is 5.56 Å². The molecule has 164 valence electrons. The van der Waals surface area contributed by atoms with E-state index >= 15 is 0 Å². The summed E-state index contributed by atoms with van der Waals surface area (Å²) in [7, 11) is 0. The summed E-state index contributed by atoms with van der Waals surface area (Å²) in [5.74, 6) is -0.482. The van der Waals surface area contributed by atoms with Crippen LogP contribution in [0.5, 0.6) is 5.88 Å². The van der Waals surface area contributed by atoms with Gasteiger partial charge in [-0.05, 0) is 73.5 Å². The average Bonchev–Trinajstić information content (AvgIpc) is 2.81. The second kappa shape index (κ2) is 9.27. The van der Waals surface area contributed by atoms with Crippen LogP contribution in [0.2, 0.25) is 0 Å². The summed E-state index contributed by atoms with van der Waals surface area (Å²) in [6.45, 7) is 3.85. The fourth-order valence-corrected chi connectivity index (χ4v) is 3.11. The van der Waals surface area contributed by atoms with Gasteiger partial charge < -0.3 is 5.11 Å². The van der Waals surface area contributed by atoms with Crippen LogP contribution in [0.3, 0.4) is 0 Å². The van der Waals surface area contributed by atoms with Gasteiger partial charge in [-0.3, -0.25) is 14.8 Å². The Morgan fingerprint density at radius 3 is 2.12 bits per heavy atom. The third kappa shape index (κ3) is 4.85. The van der Waals surface area contributed by atoms with Gasteiger partial charge in [0.05, 0.1) is 22.7 Å². The zero-order valence-electron chi connectivity index (χ0n) is 18.1. The number of hydrogen-bond acceptors (Lipinski definition) is 6. The van der Waals surface area contributed by atoms with Crippen molar-refractivity contribution in [3.63, 3.8) is 0 Å². The average molecular weight is 439 g/mol. The van der Waals surface area contributed by atoms with Crippen molar-refractivity contribution in [2.75, 3.05) is 0 Å². The van der Waals surface area contributed by atoms with E-state index in [1.807, 2.05) is 50.2 Å². The first kappa shape index (κ1) is 21.6. The Hall–Kier alpha value is -4.59. The van der Waals surface area contributed by atoms with Crippen molar-refractivity contribution < 1.29 is 5.11 Å². The lowest BCUT2D eigenvalue weighted by Gasteiger charge is -2.11. The number of aryl methyl sites for hydroxylation is 2. The molecule has 4 rings (SSSR count). The molecule has 0 amide bonds. The molecule has 0 aliphatic carbocycles. The number of rotatable bonds is 5. The van der Waals surface area contributed by atoms with Gasteiger partial charge in [0.25, 0.3) is 5.56 Å². The summed E-state index contributed by atoms with van der Waals surface area (Å²) in [6.07, 6.45) is 1.23. The summed E-state index contributed by atoms with van der Waals surface area (Å²) < 4.78 is 1.04. The van der Waals surface area contributed by atoms with E-state index in [4.69, 9.17) is 0 Å². The first-order valence-corrected chi connectivity index (χ1v) is 10.2. The number of aromatic amines is 1. The van der Waals surface area contributed by atoms with Gasteiger partial charge in [-0.2, -0.15) is 10.2 Å². The van der Waals surface area contributed by atoms with Gasteiger partial charge in [-0.1, -0.05) is 24.3 Å². The van der Waals surface area contributed by atoms with Crippen molar-refractivity contribution in [3.8, 4) is 11.6 Å². The second-order valence-electron chi connectivity index (χ2n) is 7.41. The molecule has 8 heteroatoms. The monoisotopic (exact) mass is 439 g/mol. The Kier molecular flexibility index (Phi) is 6.08. The molecular formula is C25H21N5O3. The highest BCUT2D eigenvalue weighted by atomic mass is 16.3. The van der Waals surface area contributed by atoms with E-state index in [0.29, 0.717) is 17.1 Å². The molecule has 2 N–H and O–H groups in total. The molecule has 33 heavy (non-hydrogen) atoms. The zero-order chi connectivity index (χ0) is 23.4. The molecule has 0 radical (unpaired) electrons. The highest BCUT2D eigenvalue weighted by Gasteiger charge is 2.14. The number of benzene rings is 3. The van der Waals surface area contributed by atoms with Gasteiger partial charge in [0.15, 0.2) is 0 Å². The Morgan fingerprint density at radius 2 is 1.45 bits per heavy atom. The molecule has 0 fully saturated rings. The van der Waals surface area contributed by atoms with Crippen molar-refractivity contribution in [1.29, 1.82) is 0 Å². The molecule has 0 aliphatic rings. The Labute approximate surface area is 189 Å². The summed E-state index contributed by atoms with van der Waals surface area (Å²) >= 11 is 0. The van der Waals surface area contributed by atoms with Crippen LogP contribution in [0.4, 0.5) is 17.1 Å². The van der Waals surface area contributed by atoms with Crippen LogP contribution in [-0.4, -0.2) is 20.9 Å². The first-order chi connectivity index (χ1) is 15.9. The van der Waals surface area contributed by atoms with E-state index in [2.05, 4.69) is 20.2 Å². The zero-order valence-corrected chi connectivity index (χ0v) is 18.1. The van der Waals surface area contributed by atoms with E-state index in [-0.39, 0.29) is 5.56 Å². The number of aromatic nitrogens is 2. The fourth-order valence-electron chi connectivity index (χ4n) is 3.11. The van der Waals surface area contributed by atoms with E-state index in [0.717, 1.165) is 21.4 Å². The Morgan fingerprint density at radius 1 is 0.818 bits per heavy atom. The van der Waals surface area contributed by atoms with Crippen molar-refractivity contribution in [1.82, 2.24) is 9.55 Å². The predicted octanol–water partition coefficient (Wildman–Crippen LogP) is 5.01. The number of aliphatic imine (C=N–C) groups is 1. The molecule has 0 saturated carbocycles. The maximum Gasteiger partial charge on any atom is 0.335 e. The molecule has 1 heterocycles. The lowest BCUT2D eigenvalue weighted by Crippen LogP contribution is -2.31.